The highest BCUT2D eigenvalue weighted by atomic mass is 16.4. The first kappa shape index (κ1) is 12.2. The van der Waals surface area contributed by atoms with Crippen molar-refractivity contribution in [3.8, 4) is 0 Å². The van der Waals surface area contributed by atoms with Crippen molar-refractivity contribution in [3.63, 3.8) is 0 Å². The Balaban J connectivity index is 0.000000160. The van der Waals surface area contributed by atoms with Crippen LogP contribution in [0, 0.1) is 5.92 Å². The second-order valence-electron chi connectivity index (χ2n) is 3.72. The summed E-state index contributed by atoms with van der Waals surface area (Å²) in [7, 11) is 0. The number of carboxylic acids is 1. The second kappa shape index (κ2) is 5.91. The van der Waals surface area contributed by atoms with Crippen LogP contribution in [0.4, 0.5) is 0 Å². The SMILES string of the molecule is C=C(C(=O)O)C1CC1.C=Cc1ccccc1. The fourth-order valence-electron chi connectivity index (χ4n) is 1.20. The van der Waals surface area contributed by atoms with Crippen molar-refractivity contribution in [2.75, 3.05) is 0 Å². The van der Waals surface area contributed by atoms with E-state index in [1.807, 2.05) is 36.4 Å². The second-order valence-corrected chi connectivity index (χ2v) is 3.72. The molecule has 0 bridgehead atoms. The summed E-state index contributed by atoms with van der Waals surface area (Å²) in [6.07, 6.45) is 3.87. The van der Waals surface area contributed by atoms with E-state index < -0.39 is 5.97 Å². The summed E-state index contributed by atoms with van der Waals surface area (Å²) in [5, 5.41) is 8.29. The van der Waals surface area contributed by atoms with Gasteiger partial charge < -0.3 is 5.11 Å². The molecular weight excluding hydrogens is 200 g/mol. The largest absolute Gasteiger partial charge is 0.478 e. The maximum absolute atomic E-state index is 10.1. The van der Waals surface area contributed by atoms with Gasteiger partial charge in [0.1, 0.15) is 0 Å². The number of carbonyl (C=O) groups is 1. The fraction of sp³-hybridized carbons (Fsp3) is 0.214. The number of benzene rings is 1. The van der Waals surface area contributed by atoms with Crippen LogP contribution >= 0.6 is 0 Å². The van der Waals surface area contributed by atoms with E-state index in [-0.39, 0.29) is 0 Å². The average molecular weight is 216 g/mol. The summed E-state index contributed by atoms with van der Waals surface area (Å²) in [5.74, 6) is -0.542. The van der Waals surface area contributed by atoms with Crippen LogP contribution in [-0.4, -0.2) is 11.1 Å². The molecule has 1 aliphatic rings. The first-order valence-corrected chi connectivity index (χ1v) is 5.24. The fourth-order valence-corrected chi connectivity index (χ4v) is 1.20. The van der Waals surface area contributed by atoms with E-state index in [0.29, 0.717) is 11.5 Å². The van der Waals surface area contributed by atoms with E-state index in [9.17, 15) is 4.79 Å². The van der Waals surface area contributed by atoms with Gasteiger partial charge in [-0.2, -0.15) is 0 Å². The molecule has 0 saturated heterocycles. The summed E-state index contributed by atoms with van der Waals surface area (Å²) >= 11 is 0. The van der Waals surface area contributed by atoms with Crippen LogP contribution in [0.2, 0.25) is 0 Å². The number of rotatable bonds is 3. The van der Waals surface area contributed by atoms with Gasteiger partial charge in [0.2, 0.25) is 0 Å². The summed E-state index contributed by atoms with van der Waals surface area (Å²) in [6, 6.07) is 10.0. The molecule has 1 N–H and O–H groups in total. The van der Waals surface area contributed by atoms with Crippen LogP contribution in [0.5, 0.6) is 0 Å². The maximum atomic E-state index is 10.1. The van der Waals surface area contributed by atoms with E-state index >= 15 is 0 Å². The van der Waals surface area contributed by atoms with Gasteiger partial charge in [-0.3, -0.25) is 0 Å². The zero-order chi connectivity index (χ0) is 12.0. The molecule has 0 aliphatic heterocycles. The molecule has 16 heavy (non-hydrogen) atoms. The number of aliphatic carboxylic acids is 1. The predicted molar refractivity (Wildman–Crippen MR) is 66.0 cm³/mol. The van der Waals surface area contributed by atoms with Gasteiger partial charge in [0, 0.05) is 5.57 Å². The molecule has 0 heterocycles. The lowest BCUT2D eigenvalue weighted by molar-refractivity contribution is -0.132. The van der Waals surface area contributed by atoms with Crippen molar-refractivity contribution in [3.05, 3.63) is 54.6 Å². The van der Waals surface area contributed by atoms with Crippen molar-refractivity contribution < 1.29 is 9.90 Å². The third kappa shape index (κ3) is 4.13. The summed E-state index contributed by atoms with van der Waals surface area (Å²) < 4.78 is 0. The lowest BCUT2D eigenvalue weighted by Crippen LogP contribution is -1.99. The smallest absolute Gasteiger partial charge is 0.331 e. The lowest BCUT2D eigenvalue weighted by atomic mass is 10.2. The van der Waals surface area contributed by atoms with E-state index in [1.165, 1.54) is 5.56 Å². The van der Waals surface area contributed by atoms with Gasteiger partial charge in [-0.1, -0.05) is 49.6 Å². The van der Waals surface area contributed by atoms with Crippen molar-refractivity contribution in [2.24, 2.45) is 5.92 Å². The van der Waals surface area contributed by atoms with Gasteiger partial charge in [-0.15, -0.1) is 0 Å². The van der Waals surface area contributed by atoms with Crippen molar-refractivity contribution in [2.45, 2.75) is 12.8 Å². The first-order valence-electron chi connectivity index (χ1n) is 5.24. The molecule has 1 fully saturated rings. The standard InChI is InChI=1S/C8H8.C6H8O2/c1-2-8-6-4-3-5-7-8;1-4(6(7)8)5-2-3-5/h2-7H,1H2;5H,1-3H2,(H,7,8). The highest BCUT2D eigenvalue weighted by Gasteiger charge is 2.28. The maximum Gasteiger partial charge on any atom is 0.331 e. The molecule has 0 aromatic heterocycles. The molecule has 84 valence electrons. The minimum absolute atomic E-state index is 0.299. The van der Waals surface area contributed by atoms with Gasteiger partial charge in [0.05, 0.1) is 0 Å². The molecule has 1 aromatic carbocycles. The molecule has 0 amide bonds. The molecule has 2 heteroatoms. The highest BCUT2D eigenvalue weighted by Crippen LogP contribution is 2.35. The molecule has 0 unspecified atom stereocenters. The van der Waals surface area contributed by atoms with Gasteiger partial charge in [-0.25, -0.2) is 4.79 Å². The molecule has 2 rings (SSSR count). The van der Waals surface area contributed by atoms with E-state index in [2.05, 4.69) is 13.2 Å². The number of hydrogen-bond donors (Lipinski definition) is 1. The van der Waals surface area contributed by atoms with E-state index in [4.69, 9.17) is 5.11 Å². The first-order chi connectivity index (χ1) is 7.65. The topological polar surface area (TPSA) is 37.3 Å². The Kier molecular flexibility index (Phi) is 4.52. The predicted octanol–water partition coefficient (Wildman–Crippen LogP) is 3.37. The minimum Gasteiger partial charge on any atom is -0.478 e. The van der Waals surface area contributed by atoms with Gasteiger partial charge in [0.15, 0.2) is 0 Å². The van der Waals surface area contributed by atoms with Crippen molar-refractivity contribution in [1.29, 1.82) is 0 Å². The average Bonchev–Trinajstić information content (AvgIpc) is 3.14. The molecular formula is C14H16O2. The van der Waals surface area contributed by atoms with Gasteiger partial charge >= 0.3 is 5.97 Å². The number of carboxylic acid groups (broad SMARTS) is 1. The zero-order valence-corrected chi connectivity index (χ0v) is 9.23. The lowest BCUT2D eigenvalue weighted by Gasteiger charge is -1.90. The van der Waals surface area contributed by atoms with Crippen LogP contribution in [0.1, 0.15) is 18.4 Å². The monoisotopic (exact) mass is 216 g/mol. The Bertz CT molecular complexity index is 375. The third-order valence-corrected chi connectivity index (χ3v) is 2.38. The molecule has 0 radical (unpaired) electrons. The summed E-state index contributed by atoms with van der Waals surface area (Å²) in [4.78, 5) is 10.1. The van der Waals surface area contributed by atoms with Crippen LogP contribution in [-0.2, 0) is 4.79 Å². The van der Waals surface area contributed by atoms with Crippen molar-refractivity contribution >= 4 is 12.0 Å². The zero-order valence-electron chi connectivity index (χ0n) is 9.23. The Morgan fingerprint density at radius 1 is 1.31 bits per heavy atom. The Morgan fingerprint density at radius 3 is 2.12 bits per heavy atom. The molecule has 1 aromatic rings. The quantitative estimate of drug-likeness (QED) is 0.786. The van der Waals surface area contributed by atoms with Crippen LogP contribution in [0.15, 0.2) is 49.1 Å². The molecule has 0 spiro atoms. The Morgan fingerprint density at radius 2 is 1.88 bits per heavy atom. The van der Waals surface area contributed by atoms with E-state index in [1.54, 1.807) is 0 Å². The molecule has 1 aliphatic carbocycles. The number of hydrogen-bond acceptors (Lipinski definition) is 1. The van der Waals surface area contributed by atoms with Crippen LogP contribution < -0.4 is 0 Å². The normalized spacial score (nSPS) is 13.2. The van der Waals surface area contributed by atoms with Crippen molar-refractivity contribution in [1.82, 2.24) is 0 Å². The molecule has 2 nitrogen and oxygen atoms in total. The third-order valence-electron chi connectivity index (χ3n) is 2.38. The van der Waals surface area contributed by atoms with E-state index in [0.717, 1.165) is 12.8 Å². The van der Waals surface area contributed by atoms with Crippen LogP contribution in [0.3, 0.4) is 0 Å². The van der Waals surface area contributed by atoms with Gasteiger partial charge in [0.25, 0.3) is 0 Å². The highest BCUT2D eigenvalue weighted by molar-refractivity contribution is 5.86. The van der Waals surface area contributed by atoms with Gasteiger partial charge in [-0.05, 0) is 24.3 Å². The summed E-state index contributed by atoms with van der Waals surface area (Å²) in [5.41, 5.74) is 1.55. The Hall–Kier alpha value is -1.83. The van der Waals surface area contributed by atoms with Crippen LogP contribution in [0.25, 0.3) is 6.08 Å². The minimum atomic E-state index is -0.840. The summed E-state index contributed by atoms with van der Waals surface area (Å²) in [6.45, 7) is 7.05. The Labute approximate surface area is 95.9 Å². The molecule has 0 atom stereocenters. The molecule has 1 saturated carbocycles.